The van der Waals surface area contributed by atoms with Crippen molar-refractivity contribution in [1.82, 2.24) is 5.32 Å². The molecule has 1 atom stereocenters. The van der Waals surface area contributed by atoms with Crippen molar-refractivity contribution in [2.75, 3.05) is 13.6 Å². The Labute approximate surface area is 98.2 Å². The highest BCUT2D eigenvalue weighted by molar-refractivity contribution is 5.35. The lowest BCUT2D eigenvalue weighted by atomic mass is 9.87. The molecule has 1 unspecified atom stereocenters. The van der Waals surface area contributed by atoms with Crippen LogP contribution < -0.4 is 11.1 Å². The minimum absolute atomic E-state index is 0.314. The predicted molar refractivity (Wildman–Crippen MR) is 68.4 cm³/mol. The number of nitrogens with one attached hydrogen (secondary N) is 1. The quantitative estimate of drug-likeness (QED) is 0.814. The first-order valence-corrected chi connectivity index (χ1v) is 6.07. The summed E-state index contributed by atoms with van der Waals surface area (Å²) in [6, 6.07) is 7.12. The van der Waals surface area contributed by atoms with Gasteiger partial charge in [-0.2, -0.15) is 0 Å². The van der Waals surface area contributed by atoms with Crippen LogP contribution in [0.3, 0.4) is 0 Å². The fourth-order valence-corrected chi connectivity index (χ4v) is 2.71. The number of aryl methyl sites for hydroxylation is 2. The number of hydrogen-bond donors (Lipinski definition) is 2. The summed E-state index contributed by atoms with van der Waals surface area (Å²) in [6.07, 6.45) is 2.50. The van der Waals surface area contributed by atoms with E-state index < -0.39 is 0 Å². The van der Waals surface area contributed by atoms with E-state index in [-0.39, 0.29) is 0 Å². The van der Waals surface area contributed by atoms with Crippen molar-refractivity contribution >= 4 is 0 Å². The van der Waals surface area contributed by atoms with Crippen molar-refractivity contribution in [2.24, 2.45) is 11.1 Å². The van der Waals surface area contributed by atoms with Gasteiger partial charge in [-0.3, -0.25) is 0 Å². The second-order valence-electron chi connectivity index (χ2n) is 5.15. The highest BCUT2D eigenvalue weighted by Gasteiger charge is 2.48. The fraction of sp³-hybridized carbons (Fsp3) is 0.571. The van der Waals surface area contributed by atoms with Gasteiger partial charge in [-0.05, 0) is 51.4 Å². The standard InChI is InChI=1S/C14H22N2/c1-10-4-5-12(11(2)8-10)13(16-3)14(9-15)6-7-14/h4-5,8,13,16H,6-7,9,15H2,1-3H3. The maximum absolute atomic E-state index is 5.92. The molecular weight excluding hydrogens is 196 g/mol. The van der Waals surface area contributed by atoms with Crippen LogP contribution in [0.25, 0.3) is 0 Å². The summed E-state index contributed by atoms with van der Waals surface area (Å²) in [4.78, 5) is 0. The van der Waals surface area contributed by atoms with Crippen LogP contribution in [0.1, 0.15) is 35.6 Å². The van der Waals surface area contributed by atoms with Crippen LogP contribution in [0.15, 0.2) is 18.2 Å². The first kappa shape index (κ1) is 11.6. The Hall–Kier alpha value is -0.860. The summed E-state index contributed by atoms with van der Waals surface area (Å²) in [6.45, 7) is 5.12. The second-order valence-corrected chi connectivity index (χ2v) is 5.15. The Morgan fingerprint density at radius 1 is 1.38 bits per heavy atom. The van der Waals surface area contributed by atoms with E-state index in [0.717, 1.165) is 6.54 Å². The second kappa shape index (κ2) is 4.19. The van der Waals surface area contributed by atoms with Gasteiger partial charge in [0, 0.05) is 11.5 Å². The van der Waals surface area contributed by atoms with Crippen molar-refractivity contribution in [3.8, 4) is 0 Å². The van der Waals surface area contributed by atoms with Gasteiger partial charge in [0.2, 0.25) is 0 Å². The first-order valence-electron chi connectivity index (χ1n) is 6.07. The number of benzene rings is 1. The molecule has 0 spiro atoms. The van der Waals surface area contributed by atoms with Crippen LogP contribution in [0.5, 0.6) is 0 Å². The Balaban J connectivity index is 2.34. The predicted octanol–water partition coefficient (Wildman–Crippen LogP) is 2.30. The van der Waals surface area contributed by atoms with Gasteiger partial charge >= 0.3 is 0 Å². The Morgan fingerprint density at radius 2 is 2.06 bits per heavy atom. The van der Waals surface area contributed by atoms with Crippen LogP contribution >= 0.6 is 0 Å². The molecule has 1 aromatic carbocycles. The number of hydrogen-bond acceptors (Lipinski definition) is 2. The van der Waals surface area contributed by atoms with E-state index in [2.05, 4.69) is 37.4 Å². The van der Waals surface area contributed by atoms with E-state index in [1.54, 1.807) is 0 Å². The van der Waals surface area contributed by atoms with Gasteiger partial charge in [0.15, 0.2) is 0 Å². The molecule has 1 aliphatic carbocycles. The normalized spacial score (nSPS) is 19.5. The molecule has 0 aliphatic heterocycles. The molecule has 1 saturated carbocycles. The molecule has 0 aromatic heterocycles. The molecular formula is C14H22N2. The zero-order chi connectivity index (χ0) is 11.8. The molecule has 1 fully saturated rings. The largest absolute Gasteiger partial charge is 0.330 e. The molecule has 3 N–H and O–H groups in total. The van der Waals surface area contributed by atoms with Crippen molar-refractivity contribution in [3.05, 3.63) is 34.9 Å². The minimum Gasteiger partial charge on any atom is -0.330 e. The molecule has 0 bridgehead atoms. The molecule has 0 saturated heterocycles. The molecule has 2 rings (SSSR count). The first-order chi connectivity index (χ1) is 7.63. The summed E-state index contributed by atoms with van der Waals surface area (Å²) in [7, 11) is 2.04. The van der Waals surface area contributed by atoms with Gasteiger partial charge in [0.25, 0.3) is 0 Å². The van der Waals surface area contributed by atoms with Gasteiger partial charge in [-0.15, -0.1) is 0 Å². The topological polar surface area (TPSA) is 38.0 Å². The smallest absolute Gasteiger partial charge is 0.0389 e. The third-order valence-corrected chi connectivity index (χ3v) is 3.94. The molecule has 0 amide bonds. The summed E-state index contributed by atoms with van der Waals surface area (Å²) in [5, 5.41) is 3.45. The van der Waals surface area contributed by atoms with Gasteiger partial charge in [0.1, 0.15) is 0 Å². The monoisotopic (exact) mass is 218 g/mol. The molecule has 88 valence electrons. The number of rotatable bonds is 4. The zero-order valence-corrected chi connectivity index (χ0v) is 10.5. The summed E-state index contributed by atoms with van der Waals surface area (Å²) in [5.41, 5.74) is 10.4. The minimum atomic E-state index is 0.314. The third kappa shape index (κ3) is 1.87. The van der Waals surface area contributed by atoms with Crippen LogP contribution in [0.4, 0.5) is 0 Å². The summed E-state index contributed by atoms with van der Waals surface area (Å²) < 4.78 is 0. The lowest BCUT2D eigenvalue weighted by molar-refractivity contribution is 0.365. The van der Waals surface area contributed by atoms with Gasteiger partial charge < -0.3 is 11.1 Å². The average Bonchev–Trinajstić information content (AvgIpc) is 3.03. The van der Waals surface area contributed by atoms with E-state index >= 15 is 0 Å². The van der Waals surface area contributed by atoms with E-state index in [1.165, 1.54) is 29.5 Å². The van der Waals surface area contributed by atoms with Crippen molar-refractivity contribution < 1.29 is 0 Å². The zero-order valence-electron chi connectivity index (χ0n) is 10.5. The average molecular weight is 218 g/mol. The van der Waals surface area contributed by atoms with Crippen molar-refractivity contribution in [1.29, 1.82) is 0 Å². The highest BCUT2D eigenvalue weighted by Crippen LogP contribution is 2.54. The van der Waals surface area contributed by atoms with E-state index in [1.807, 2.05) is 7.05 Å². The van der Waals surface area contributed by atoms with Crippen molar-refractivity contribution in [2.45, 2.75) is 32.7 Å². The molecule has 2 nitrogen and oxygen atoms in total. The van der Waals surface area contributed by atoms with Gasteiger partial charge in [-0.1, -0.05) is 23.8 Å². The summed E-state index contributed by atoms with van der Waals surface area (Å²) >= 11 is 0. The Morgan fingerprint density at radius 3 is 2.50 bits per heavy atom. The van der Waals surface area contributed by atoms with Crippen LogP contribution in [-0.2, 0) is 0 Å². The number of nitrogens with two attached hydrogens (primary N) is 1. The molecule has 16 heavy (non-hydrogen) atoms. The van der Waals surface area contributed by atoms with Crippen LogP contribution in [0.2, 0.25) is 0 Å². The lowest BCUT2D eigenvalue weighted by Gasteiger charge is -2.27. The fourth-order valence-electron chi connectivity index (χ4n) is 2.71. The highest BCUT2D eigenvalue weighted by atomic mass is 14.9. The van der Waals surface area contributed by atoms with E-state index in [9.17, 15) is 0 Å². The van der Waals surface area contributed by atoms with E-state index in [0.29, 0.717) is 11.5 Å². The van der Waals surface area contributed by atoms with Gasteiger partial charge in [-0.25, -0.2) is 0 Å². The van der Waals surface area contributed by atoms with E-state index in [4.69, 9.17) is 5.73 Å². The van der Waals surface area contributed by atoms with Crippen LogP contribution in [-0.4, -0.2) is 13.6 Å². The molecule has 0 radical (unpaired) electrons. The maximum Gasteiger partial charge on any atom is 0.0389 e. The van der Waals surface area contributed by atoms with Crippen molar-refractivity contribution in [3.63, 3.8) is 0 Å². The molecule has 0 heterocycles. The Kier molecular flexibility index (Phi) is 3.04. The third-order valence-electron chi connectivity index (χ3n) is 3.94. The molecule has 2 heteroatoms. The molecule has 1 aromatic rings. The molecule has 1 aliphatic rings. The maximum atomic E-state index is 5.92. The lowest BCUT2D eigenvalue weighted by Crippen LogP contribution is -2.32. The van der Waals surface area contributed by atoms with Gasteiger partial charge in [0.05, 0.1) is 0 Å². The summed E-state index contributed by atoms with van der Waals surface area (Å²) in [5.74, 6) is 0. The van der Waals surface area contributed by atoms with Crippen LogP contribution in [0, 0.1) is 19.3 Å². The SMILES string of the molecule is CNC(c1ccc(C)cc1C)C1(CN)CC1. The Bertz CT molecular complexity index is 380.